The third kappa shape index (κ3) is 5.81. The molecule has 2 aliphatic rings. The summed E-state index contributed by atoms with van der Waals surface area (Å²) < 4.78 is 29.8. The van der Waals surface area contributed by atoms with E-state index >= 15 is 0 Å². The van der Waals surface area contributed by atoms with Crippen molar-refractivity contribution in [2.24, 2.45) is 0 Å². The van der Waals surface area contributed by atoms with E-state index in [0.717, 1.165) is 25.1 Å². The van der Waals surface area contributed by atoms with Crippen molar-refractivity contribution in [3.05, 3.63) is 53.9 Å². The first-order valence-electron chi connectivity index (χ1n) is 12.6. The maximum absolute atomic E-state index is 14.5. The lowest BCUT2D eigenvalue weighted by Crippen LogP contribution is -2.35. The Balaban J connectivity index is 1.21. The number of carbonyl (C=O) groups excluding carboxylic acids is 1. The van der Waals surface area contributed by atoms with E-state index in [9.17, 15) is 23.8 Å². The molecule has 5 rings (SSSR count). The van der Waals surface area contributed by atoms with Gasteiger partial charge in [-0.3, -0.25) is 4.90 Å². The number of nitrogens with zero attached hydrogens (tertiary/aromatic N) is 5. The van der Waals surface area contributed by atoms with Gasteiger partial charge in [-0.15, -0.1) is 0 Å². The highest BCUT2D eigenvalue weighted by atomic mass is 19.1. The summed E-state index contributed by atoms with van der Waals surface area (Å²) in [6, 6.07) is 4.45. The van der Waals surface area contributed by atoms with Crippen LogP contribution in [-0.4, -0.2) is 80.7 Å². The van der Waals surface area contributed by atoms with Crippen LogP contribution in [0, 0.1) is 11.6 Å². The number of likely N-dealkylation sites (tertiary alicyclic amines) is 1. The third-order valence-corrected chi connectivity index (χ3v) is 6.95. The fourth-order valence-corrected chi connectivity index (χ4v) is 5.13. The largest absolute Gasteiger partial charge is 0.392 e. The number of β-amino-alcohol motifs (C(OH)–C–C–N with tert-alkyl or cyclic N) is 2. The molecule has 2 fully saturated rings. The van der Waals surface area contributed by atoms with Crippen molar-refractivity contribution in [1.29, 1.82) is 0 Å². The topological polar surface area (TPSA) is 118 Å². The molecule has 0 bridgehead atoms. The summed E-state index contributed by atoms with van der Waals surface area (Å²) in [5, 5.41) is 29.5. The van der Waals surface area contributed by atoms with Gasteiger partial charge < -0.3 is 25.7 Å². The molecule has 0 spiro atoms. The molecule has 0 saturated carbocycles. The Hall–Kier alpha value is -3.35. The van der Waals surface area contributed by atoms with Crippen LogP contribution in [-0.2, 0) is 0 Å². The molecule has 12 heteroatoms. The molecule has 37 heavy (non-hydrogen) atoms. The predicted octanol–water partition coefficient (Wildman–Crippen LogP) is 2.29. The number of urea groups is 1. The van der Waals surface area contributed by atoms with Crippen LogP contribution >= 0.6 is 0 Å². The van der Waals surface area contributed by atoms with E-state index in [4.69, 9.17) is 0 Å². The molecule has 198 valence electrons. The van der Waals surface area contributed by atoms with Crippen LogP contribution in [0.5, 0.6) is 0 Å². The average molecular weight is 516 g/mol. The Morgan fingerprint density at radius 2 is 2.08 bits per heavy atom. The highest BCUT2D eigenvalue weighted by Gasteiger charge is 2.30. The first kappa shape index (κ1) is 25.3. The lowest BCUT2D eigenvalue weighted by molar-refractivity contribution is 0.107. The van der Waals surface area contributed by atoms with Crippen molar-refractivity contribution in [1.82, 2.24) is 24.8 Å². The van der Waals surface area contributed by atoms with E-state index in [2.05, 4.69) is 20.7 Å². The molecule has 4 heterocycles. The van der Waals surface area contributed by atoms with Crippen LogP contribution in [0.25, 0.3) is 5.65 Å². The van der Waals surface area contributed by atoms with Gasteiger partial charge in [0.05, 0.1) is 24.4 Å². The van der Waals surface area contributed by atoms with Crippen LogP contribution < -0.4 is 15.5 Å². The van der Waals surface area contributed by atoms with Gasteiger partial charge in [0.15, 0.2) is 5.65 Å². The normalized spacial score (nSPS) is 21.0. The second-order valence-corrected chi connectivity index (χ2v) is 9.65. The molecule has 0 unspecified atom stereocenters. The van der Waals surface area contributed by atoms with Gasteiger partial charge in [0.2, 0.25) is 0 Å². The van der Waals surface area contributed by atoms with Crippen LogP contribution in [0.1, 0.15) is 37.3 Å². The summed E-state index contributed by atoms with van der Waals surface area (Å²) >= 11 is 0. The summed E-state index contributed by atoms with van der Waals surface area (Å²) in [4.78, 5) is 21.1. The van der Waals surface area contributed by atoms with Gasteiger partial charge in [0.1, 0.15) is 23.1 Å². The molecule has 2 aromatic heterocycles. The lowest BCUT2D eigenvalue weighted by atomic mass is 10.0. The van der Waals surface area contributed by atoms with E-state index in [1.807, 2.05) is 9.80 Å². The van der Waals surface area contributed by atoms with E-state index in [1.165, 1.54) is 16.8 Å². The molecule has 2 saturated heterocycles. The number of aromatic nitrogens is 3. The summed E-state index contributed by atoms with van der Waals surface area (Å²) in [5.41, 5.74) is 1.12. The Labute approximate surface area is 212 Å². The molecular formula is C25H31F2N7O3. The Morgan fingerprint density at radius 3 is 2.89 bits per heavy atom. The van der Waals surface area contributed by atoms with Gasteiger partial charge in [0.25, 0.3) is 0 Å². The number of anilines is 2. The SMILES string of the molecule is O=C(NCC[C@H](O)CN1CC[C@H](O)C1)Nc1cnn2ccc(N3CCC[C@@H]3c3cc(F)ccc3F)nc12. The Bertz CT molecular complexity index is 1260. The van der Waals surface area contributed by atoms with Gasteiger partial charge in [-0.1, -0.05) is 0 Å². The summed E-state index contributed by atoms with van der Waals surface area (Å²) in [6.45, 7) is 2.68. The number of halogens is 2. The smallest absolute Gasteiger partial charge is 0.319 e. The number of amides is 2. The monoisotopic (exact) mass is 515 g/mol. The minimum atomic E-state index is -0.608. The second-order valence-electron chi connectivity index (χ2n) is 9.65. The summed E-state index contributed by atoms with van der Waals surface area (Å²) in [7, 11) is 0. The van der Waals surface area contributed by atoms with Crippen molar-refractivity contribution >= 4 is 23.2 Å². The second kappa shape index (κ2) is 11.0. The molecule has 2 aliphatic heterocycles. The van der Waals surface area contributed by atoms with Crippen molar-refractivity contribution < 1.29 is 23.8 Å². The molecule has 0 aliphatic carbocycles. The van der Waals surface area contributed by atoms with Crippen LogP contribution in [0.2, 0.25) is 0 Å². The van der Waals surface area contributed by atoms with E-state index in [1.54, 1.807) is 12.3 Å². The molecule has 0 radical (unpaired) electrons. The third-order valence-electron chi connectivity index (χ3n) is 6.95. The summed E-state index contributed by atoms with van der Waals surface area (Å²) in [6.07, 6.45) is 4.83. The van der Waals surface area contributed by atoms with E-state index < -0.39 is 23.8 Å². The van der Waals surface area contributed by atoms with Gasteiger partial charge in [-0.2, -0.15) is 5.10 Å². The quantitative estimate of drug-likeness (QED) is 0.364. The van der Waals surface area contributed by atoms with Gasteiger partial charge >= 0.3 is 6.03 Å². The molecule has 10 nitrogen and oxygen atoms in total. The van der Waals surface area contributed by atoms with Crippen LogP contribution in [0.15, 0.2) is 36.7 Å². The van der Waals surface area contributed by atoms with Gasteiger partial charge in [-0.05, 0) is 49.9 Å². The van der Waals surface area contributed by atoms with Crippen molar-refractivity contribution in [2.75, 3.05) is 42.9 Å². The van der Waals surface area contributed by atoms with Crippen molar-refractivity contribution in [2.45, 2.75) is 43.9 Å². The Kier molecular flexibility index (Phi) is 7.49. The highest BCUT2D eigenvalue weighted by Crippen LogP contribution is 2.37. The first-order chi connectivity index (χ1) is 17.9. The first-order valence-corrected chi connectivity index (χ1v) is 12.6. The number of rotatable bonds is 8. The molecule has 3 aromatic rings. The number of carbonyl (C=O) groups is 1. The number of aliphatic hydroxyl groups is 2. The number of hydrogen-bond acceptors (Lipinski definition) is 7. The zero-order valence-electron chi connectivity index (χ0n) is 20.4. The molecule has 4 N–H and O–H groups in total. The minimum Gasteiger partial charge on any atom is -0.392 e. The predicted molar refractivity (Wildman–Crippen MR) is 133 cm³/mol. The fourth-order valence-electron chi connectivity index (χ4n) is 5.13. The minimum absolute atomic E-state index is 0.274. The number of hydrogen-bond donors (Lipinski definition) is 4. The average Bonchev–Trinajstić information content (AvgIpc) is 3.61. The van der Waals surface area contributed by atoms with Crippen molar-refractivity contribution in [3.8, 4) is 0 Å². The van der Waals surface area contributed by atoms with E-state index in [0.29, 0.717) is 61.6 Å². The molecular weight excluding hydrogens is 484 g/mol. The standard InChI is InChI=1S/C25H31F2N7O3/c26-16-3-4-20(27)19(12-16)22-2-1-9-33(22)23-7-11-34-24(31-23)21(13-29-34)30-25(37)28-8-5-17(35)14-32-10-6-18(36)15-32/h3-4,7,11-13,17-18,22,35-36H,1-2,5-6,8-10,14-15H2,(H2,28,30,37)/t17-,18-,22+/m0/s1. The molecule has 2 amide bonds. The molecule has 1 aromatic carbocycles. The number of benzene rings is 1. The number of fused-ring (bicyclic) bond motifs is 1. The van der Waals surface area contributed by atoms with Crippen LogP contribution in [0.4, 0.5) is 25.1 Å². The van der Waals surface area contributed by atoms with Gasteiger partial charge in [0, 0.05) is 44.5 Å². The van der Waals surface area contributed by atoms with Crippen molar-refractivity contribution in [3.63, 3.8) is 0 Å². The van der Waals surface area contributed by atoms with Crippen LogP contribution in [0.3, 0.4) is 0 Å². The summed E-state index contributed by atoms with van der Waals surface area (Å²) in [5.74, 6) is -0.356. The zero-order chi connectivity index (χ0) is 25.9. The fraction of sp³-hybridized carbons (Fsp3) is 0.480. The number of aliphatic hydroxyl groups excluding tert-OH is 2. The zero-order valence-corrected chi connectivity index (χ0v) is 20.4. The molecule has 3 atom stereocenters. The van der Waals surface area contributed by atoms with E-state index in [-0.39, 0.29) is 18.7 Å². The maximum atomic E-state index is 14.5. The Morgan fingerprint density at radius 1 is 1.22 bits per heavy atom. The highest BCUT2D eigenvalue weighted by molar-refractivity contribution is 5.93. The van der Waals surface area contributed by atoms with Gasteiger partial charge in [-0.25, -0.2) is 23.1 Å². The number of nitrogens with one attached hydrogen (secondary N) is 2. The lowest BCUT2D eigenvalue weighted by Gasteiger charge is -2.26. The maximum Gasteiger partial charge on any atom is 0.319 e.